The summed E-state index contributed by atoms with van der Waals surface area (Å²) in [6.45, 7) is 7.63. The minimum atomic E-state index is 0.304. The van der Waals surface area contributed by atoms with Crippen molar-refractivity contribution in [3.8, 4) is 0 Å². The molecule has 4 nitrogen and oxygen atoms in total. The summed E-state index contributed by atoms with van der Waals surface area (Å²) in [5, 5.41) is 11.4. The van der Waals surface area contributed by atoms with Crippen molar-refractivity contribution in [3.63, 3.8) is 0 Å². The quantitative estimate of drug-likeness (QED) is 0.295. The number of nitrogens with two attached hydrogens (primary N) is 1. The maximum Gasteiger partial charge on any atom is 0.140 e. The Bertz CT molecular complexity index is 192. The van der Waals surface area contributed by atoms with E-state index in [0.29, 0.717) is 18.3 Å². The molecule has 4 heteroatoms. The molecule has 0 aliphatic rings. The summed E-state index contributed by atoms with van der Waals surface area (Å²) in [6.07, 6.45) is 3.07. The first-order valence-corrected chi connectivity index (χ1v) is 5.64. The van der Waals surface area contributed by atoms with Crippen molar-refractivity contribution >= 4 is 5.84 Å². The maximum atomic E-state index is 8.46. The van der Waals surface area contributed by atoms with Crippen LogP contribution in [0.3, 0.4) is 0 Å². The van der Waals surface area contributed by atoms with Gasteiger partial charge in [-0.1, -0.05) is 19.0 Å². The molecule has 0 bridgehead atoms. The molecule has 0 amide bonds. The largest absolute Gasteiger partial charge is 0.409 e. The van der Waals surface area contributed by atoms with Gasteiger partial charge in [0.05, 0.1) is 0 Å². The van der Waals surface area contributed by atoms with Gasteiger partial charge >= 0.3 is 0 Å². The van der Waals surface area contributed by atoms with Gasteiger partial charge in [-0.2, -0.15) is 0 Å². The van der Waals surface area contributed by atoms with E-state index in [-0.39, 0.29) is 0 Å². The highest BCUT2D eigenvalue weighted by atomic mass is 16.4. The van der Waals surface area contributed by atoms with Crippen molar-refractivity contribution in [1.29, 1.82) is 0 Å². The van der Waals surface area contributed by atoms with Crippen molar-refractivity contribution in [1.82, 2.24) is 4.90 Å². The SMILES string of the molecule is CC(C)CCCN(C)C(C)CC(N)=NO. The molecule has 0 saturated carbocycles. The third-order valence-corrected chi connectivity index (χ3v) is 2.68. The zero-order valence-corrected chi connectivity index (χ0v) is 10.4. The van der Waals surface area contributed by atoms with Crippen molar-refractivity contribution in [2.75, 3.05) is 13.6 Å². The fourth-order valence-corrected chi connectivity index (χ4v) is 1.47. The lowest BCUT2D eigenvalue weighted by atomic mass is 10.1. The molecule has 1 unspecified atom stereocenters. The molecule has 3 N–H and O–H groups in total. The topological polar surface area (TPSA) is 61.8 Å². The highest BCUT2D eigenvalue weighted by Crippen LogP contribution is 2.07. The number of rotatable bonds is 7. The smallest absolute Gasteiger partial charge is 0.140 e. The number of hydrogen-bond donors (Lipinski definition) is 2. The number of oxime groups is 1. The molecule has 0 saturated heterocycles. The fraction of sp³-hybridized carbons (Fsp3) is 0.909. The van der Waals surface area contributed by atoms with E-state index in [1.165, 1.54) is 12.8 Å². The van der Waals surface area contributed by atoms with E-state index >= 15 is 0 Å². The molecule has 15 heavy (non-hydrogen) atoms. The van der Waals surface area contributed by atoms with E-state index in [4.69, 9.17) is 10.9 Å². The molecule has 0 radical (unpaired) electrons. The molecule has 1 atom stereocenters. The molecular formula is C11H25N3O. The van der Waals surface area contributed by atoms with Crippen molar-refractivity contribution in [2.45, 2.75) is 46.1 Å². The Balaban J connectivity index is 3.74. The minimum Gasteiger partial charge on any atom is -0.409 e. The molecule has 0 aromatic carbocycles. The number of amidine groups is 1. The predicted octanol–water partition coefficient (Wildman–Crippen LogP) is 1.88. The first kappa shape index (κ1) is 14.2. The van der Waals surface area contributed by atoms with E-state index < -0.39 is 0 Å². The first-order valence-electron chi connectivity index (χ1n) is 5.64. The van der Waals surface area contributed by atoms with Crippen LogP contribution in [0.5, 0.6) is 0 Å². The van der Waals surface area contributed by atoms with Gasteiger partial charge in [0, 0.05) is 12.5 Å². The van der Waals surface area contributed by atoms with Crippen LogP contribution >= 0.6 is 0 Å². The second-order valence-corrected chi connectivity index (χ2v) is 4.66. The van der Waals surface area contributed by atoms with E-state index in [1.54, 1.807) is 0 Å². The molecular weight excluding hydrogens is 190 g/mol. The molecule has 0 rings (SSSR count). The van der Waals surface area contributed by atoms with Gasteiger partial charge < -0.3 is 15.8 Å². The van der Waals surface area contributed by atoms with Gasteiger partial charge in [-0.3, -0.25) is 0 Å². The monoisotopic (exact) mass is 215 g/mol. The molecule has 0 spiro atoms. The van der Waals surface area contributed by atoms with Crippen LogP contribution < -0.4 is 5.73 Å². The number of nitrogens with zero attached hydrogens (tertiary/aromatic N) is 2. The predicted molar refractivity (Wildman–Crippen MR) is 64.2 cm³/mol. The fourth-order valence-electron chi connectivity index (χ4n) is 1.47. The molecule has 0 heterocycles. The van der Waals surface area contributed by atoms with Gasteiger partial charge in [-0.15, -0.1) is 0 Å². The van der Waals surface area contributed by atoms with Gasteiger partial charge in [-0.05, 0) is 39.3 Å². The van der Waals surface area contributed by atoms with Crippen LogP contribution in [0.25, 0.3) is 0 Å². The molecule has 90 valence electrons. The molecule has 0 aromatic rings. The average Bonchev–Trinajstić information content (AvgIpc) is 2.16. The zero-order chi connectivity index (χ0) is 11.8. The lowest BCUT2D eigenvalue weighted by molar-refractivity contribution is 0.250. The highest BCUT2D eigenvalue weighted by molar-refractivity contribution is 5.80. The van der Waals surface area contributed by atoms with Crippen molar-refractivity contribution in [2.24, 2.45) is 16.8 Å². The third kappa shape index (κ3) is 7.19. The summed E-state index contributed by atoms with van der Waals surface area (Å²) in [5.41, 5.74) is 5.46. The van der Waals surface area contributed by atoms with Gasteiger partial charge in [0.15, 0.2) is 0 Å². The molecule has 0 fully saturated rings. The van der Waals surface area contributed by atoms with Crippen molar-refractivity contribution < 1.29 is 5.21 Å². The van der Waals surface area contributed by atoms with Crippen LogP contribution in [0.15, 0.2) is 5.16 Å². The highest BCUT2D eigenvalue weighted by Gasteiger charge is 2.10. The second-order valence-electron chi connectivity index (χ2n) is 4.66. The van der Waals surface area contributed by atoms with Crippen LogP contribution in [0.2, 0.25) is 0 Å². The zero-order valence-electron chi connectivity index (χ0n) is 10.4. The van der Waals surface area contributed by atoms with Gasteiger partial charge in [0.1, 0.15) is 5.84 Å². The summed E-state index contributed by atoms with van der Waals surface area (Å²) in [7, 11) is 2.08. The van der Waals surface area contributed by atoms with Crippen LogP contribution in [0.1, 0.15) is 40.0 Å². The summed E-state index contributed by atoms with van der Waals surface area (Å²) >= 11 is 0. The summed E-state index contributed by atoms with van der Waals surface area (Å²) in [5.74, 6) is 1.07. The van der Waals surface area contributed by atoms with E-state index in [2.05, 4.69) is 37.9 Å². The molecule has 0 aliphatic carbocycles. The Morgan fingerprint density at radius 2 is 2.00 bits per heavy atom. The standard InChI is InChI=1S/C11H25N3O/c1-9(2)6-5-7-14(4)10(3)8-11(12)13-15/h9-10,15H,5-8H2,1-4H3,(H2,12,13). The van der Waals surface area contributed by atoms with Crippen LogP contribution in [-0.4, -0.2) is 35.6 Å². The van der Waals surface area contributed by atoms with E-state index in [9.17, 15) is 0 Å². The summed E-state index contributed by atoms with van der Waals surface area (Å²) in [6, 6.07) is 0.327. The number of hydrogen-bond acceptors (Lipinski definition) is 3. The van der Waals surface area contributed by atoms with Crippen LogP contribution in [0, 0.1) is 5.92 Å². The average molecular weight is 215 g/mol. The lowest BCUT2D eigenvalue weighted by Gasteiger charge is -2.24. The normalized spacial score (nSPS) is 14.9. The van der Waals surface area contributed by atoms with Gasteiger partial charge in [-0.25, -0.2) is 0 Å². The van der Waals surface area contributed by atoms with Crippen molar-refractivity contribution in [3.05, 3.63) is 0 Å². The van der Waals surface area contributed by atoms with Gasteiger partial charge in [0.25, 0.3) is 0 Å². The van der Waals surface area contributed by atoms with E-state index in [0.717, 1.165) is 12.5 Å². The first-order chi connectivity index (χ1) is 6.97. The Hall–Kier alpha value is -0.770. The summed E-state index contributed by atoms with van der Waals surface area (Å²) < 4.78 is 0. The second kappa shape index (κ2) is 7.51. The van der Waals surface area contributed by atoms with Crippen LogP contribution in [-0.2, 0) is 0 Å². The van der Waals surface area contributed by atoms with E-state index in [1.807, 2.05) is 0 Å². The van der Waals surface area contributed by atoms with Gasteiger partial charge in [0.2, 0.25) is 0 Å². The Morgan fingerprint density at radius 3 is 2.47 bits per heavy atom. The Kier molecular flexibility index (Phi) is 7.13. The Morgan fingerprint density at radius 1 is 1.40 bits per heavy atom. The Labute approximate surface area is 93.1 Å². The minimum absolute atomic E-state index is 0.304. The molecule has 0 aromatic heterocycles. The summed E-state index contributed by atoms with van der Waals surface area (Å²) in [4.78, 5) is 2.25. The third-order valence-electron chi connectivity index (χ3n) is 2.68. The molecule has 0 aliphatic heterocycles. The van der Waals surface area contributed by atoms with Crippen LogP contribution in [0.4, 0.5) is 0 Å². The maximum absolute atomic E-state index is 8.46. The lowest BCUT2D eigenvalue weighted by Crippen LogP contribution is -2.34.